The van der Waals surface area contributed by atoms with Crippen molar-refractivity contribution in [2.45, 2.75) is 38.9 Å². The van der Waals surface area contributed by atoms with E-state index in [9.17, 15) is 0 Å². The number of hydrogen-bond donors (Lipinski definition) is 0. The molecule has 1 aromatic rings. The lowest BCUT2D eigenvalue weighted by Crippen LogP contribution is -2.00. The van der Waals surface area contributed by atoms with Crippen LogP contribution >= 0.6 is 27.5 Å². The first kappa shape index (κ1) is 12.4. The molecule has 0 amide bonds. The molecule has 0 aliphatic heterocycles. The summed E-state index contributed by atoms with van der Waals surface area (Å²) in [6.07, 6.45) is 1.28. The molecule has 0 nitrogen and oxygen atoms in total. The zero-order valence-electron chi connectivity index (χ0n) is 10.3. The first-order valence-corrected chi connectivity index (χ1v) is 7.03. The SMILES string of the molecule is Cc1cc(Cl)c(C(Br)C2CC2(C)C)cc1C. The van der Waals surface area contributed by atoms with Crippen LogP contribution in [0.25, 0.3) is 0 Å². The highest BCUT2D eigenvalue weighted by atomic mass is 79.9. The van der Waals surface area contributed by atoms with Crippen molar-refractivity contribution in [2.75, 3.05) is 0 Å². The fourth-order valence-electron chi connectivity index (χ4n) is 2.24. The maximum atomic E-state index is 6.33. The van der Waals surface area contributed by atoms with Crippen LogP contribution in [0.3, 0.4) is 0 Å². The van der Waals surface area contributed by atoms with Crippen LogP contribution in [0, 0.1) is 25.2 Å². The molecule has 2 atom stereocenters. The first-order chi connectivity index (χ1) is 7.33. The van der Waals surface area contributed by atoms with Gasteiger partial charge in [0, 0.05) is 9.85 Å². The van der Waals surface area contributed by atoms with E-state index in [0.29, 0.717) is 16.2 Å². The van der Waals surface area contributed by atoms with E-state index in [1.54, 1.807) is 0 Å². The van der Waals surface area contributed by atoms with Gasteiger partial charge in [0.2, 0.25) is 0 Å². The molecule has 2 heteroatoms. The fraction of sp³-hybridized carbons (Fsp3) is 0.571. The van der Waals surface area contributed by atoms with E-state index in [2.05, 4.69) is 55.8 Å². The van der Waals surface area contributed by atoms with Crippen LogP contribution < -0.4 is 0 Å². The van der Waals surface area contributed by atoms with Gasteiger partial charge in [-0.2, -0.15) is 0 Å². The quantitative estimate of drug-likeness (QED) is 0.638. The van der Waals surface area contributed by atoms with Gasteiger partial charge in [-0.1, -0.05) is 47.4 Å². The second kappa shape index (κ2) is 4.03. The molecule has 88 valence electrons. The van der Waals surface area contributed by atoms with Gasteiger partial charge in [0.15, 0.2) is 0 Å². The molecular weight excluding hydrogens is 284 g/mol. The minimum atomic E-state index is 0.398. The lowest BCUT2D eigenvalue weighted by atomic mass is 9.99. The van der Waals surface area contributed by atoms with E-state index in [1.807, 2.05) is 0 Å². The number of benzene rings is 1. The normalized spacial score (nSPS) is 24.2. The van der Waals surface area contributed by atoms with Crippen LogP contribution in [-0.2, 0) is 0 Å². The summed E-state index contributed by atoms with van der Waals surface area (Å²) in [5.74, 6) is 0.715. The van der Waals surface area contributed by atoms with Gasteiger partial charge in [-0.3, -0.25) is 0 Å². The molecule has 0 heterocycles. The van der Waals surface area contributed by atoms with Gasteiger partial charge in [-0.05, 0) is 54.4 Å². The van der Waals surface area contributed by atoms with Crippen LogP contribution in [0.2, 0.25) is 5.02 Å². The Labute approximate surface area is 112 Å². The van der Waals surface area contributed by atoms with Crippen LogP contribution in [0.5, 0.6) is 0 Å². The Morgan fingerprint density at radius 2 is 1.81 bits per heavy atom. The zero-order chi connectivity index (χ0) is 12.1. The molecule has 1 saturated carbocycles. The van der Waals surface area contributed by atoms with Crippen LogP contribution in [0.1, 0.15) is 41.8 Å². The number of rotatable bonds is 2. The highest BCUT2D eigenvalue weighted by Crippen LogP contribution is 2.61. The summed E-state index contributed by atoms with van der Waals surface area (Å²) in [7, 11) is 0. The van der Waals surface area contributed by atoms with Gasteiger partial charge in [-0.15, -0.1) is 0 Å². The van der Waals surface area contributed by atoms with Crippen LogP contribution in [0.4, 0.5) is 0 Å². The van der Waals surface area contributed by atoms with Gasteiger partial charge in [0.1, 0.15) is 0 Å². The monoisotopic (exact) mass is 300 g/mol. The fourth-order valence-corrected chi connectivity index (χ4v) is 3.99. The van der Waals surface area contributed by atoms with E-state index < -0.39 is 0 Å². The van der Waals surface area contributed by atoms with E-state index >= 15 is 0 Å². The smallest absolute Gasteiger partial charge is 0.0452 e. The van der Waals surface area contributed by atoms with Crippen molar-refractivity contribution in [2.24, 2.45) is 11.3 Å². The maximum absolute atomic E-state index is 6.33. The minimum Gasteiger partial charge on any atom is -0.0840 e. The molecule has 2 unspecified atom stereocenters. The third-order valence-corrected chi connectivity index (χ3v) is 5.31. The number of alkyl halides is 1. The van der Waals surface area contributed by atoms with E-state index in [1.165, 1.54) is 23.1 Å². The summed E-state index contributed by atoms with van der Waals surface area (Å²) >= 11 is 10.1. The Balaban J connectivity index is 2.31. The highest BCUT2D eigenvalue weighted by Gasteiger charge is 2.50. The Morgan fingerprint density at radius 3 is 2.31 bits per heavy atom. The number of hydrogen-bond acceptors (Lipinski definition) is 0. The highest BCUT2D eigenvalue weighted by molar-refractivity contribution is 9.09. The van der Waals surface area contributed by atoms with E-state index in [-0.39, 0.29) is 0 Å². The predicted octanol–water partition coefficient (Wildman–Crippen LogP) is 5.44. The zero-order valence-corrected chi connectivity index (χ0v) is 12.6. The largest absolute Gasteiger partial charge is 0.0840 e. The number of halogens is 2. The molecule has 0 spiro atoms. The summed E-state index contributed by atoms with van der Waals surface area (Å²) in [5.41, 5.74) is 4.31. The molecule has 0 radical (unpaired) electrons. The molecular formula is C14H18BrCl. The second-order valence-corrected chi connectivity index (χ2v) is 7.05. The molecule has 0 aromatic heterocycles. The Bertz CT molecular complexity index is 423. The summed E-state index contributed by atoms with van der Waals surface area (Å²) in [4.78, 5) is 0.398. The van der Waals surface area contributed by atoms with Crippen LogP contribution in [-0.4, -0.2) is 0 Å². The summed E-state index contributed by atoms with van der Waals surface area (Å²) in [5, 5.41) is 0.896. The molecule has 2 rings (SSSR count). The standard InChI is InChI=1S/C14H18BrCl/c1-8-5-10(12(16)6-9(8)2)13(15)11-7-14(11,3)4/h5-6,11,13H,7H2,1-4H3. The molecule has 0 saturated heterocycles. The summed E-state index contributed by atoms with van der Waals surface area (Å²) in [6, 6.07) is 4.31. The maximum Gasteiger partial charge on any atom is 0.0452 e. The number of aryl methyl sites for hydroxylation is 2. The topological polar surface area (TPSA) is 0 Å². The molecule has 0 N–H and O–H groups in total. The minimum absolute atomic E-state index is 0.398. The first-order valence-electron chi connectivity index (χ1n) is 5.73. The third-order valence-electron chi connectivity index (χ3n) is 3.85. The lowest BCUT2D eigenvalue weighted by molar-refractivity contribution is 0.555. The van der Waals surface area contributed by atoms with Gasteiger partial charge >= 0.3 is 0 Å². The molecule has 0 bridgehead atoms. The van der Waals surface area contributed by atoms with Crippen molar-refractivity contribution in [3.63, 3.8) is 0 Å². The average molecular weight is 302 g/mol. The van der Waals surface area contributed by atoms with Gasteiger partial charge in [0.05, 0.1) is 0 Å². The average Bonchev–Trinajstić information content (AvgIpc) is 2.80. The van der Waals surface area contributed by atoms with Gasteiger partial charge in [-0.25, -0.2) is 0 Å². The molecule has 16 heavy (non-hydrogen) atoms. The van der Waals surface area contributed by atoms with E-state index in [4.69, 9.17) is 11.6 Å². The summed E-state index contributed by atoms with van der Waals surface area (Å²) < 4.78 is 0. The van der Waals surface area contributed by atoms with Crippen molar-refractivity contribution in [1.82, 2.24) is 0 Å². The Morgan fingerprint density at radius 1 is 1.31 bits per heavy atom. The summed E-state index contributed by atoms with van der Waals surface area (Å²) in [6.45, 7) is 8.89. The Hall–Kier alpha value is -0.0100. The Kier molecular flexibility index (Phi) is 3.13. The molecule has 1 aliphatic carbocycles. The van der Waals surface area contributed by atoms with E-state index in [0.717, 1.165) is 5.02 Å². The van der Waals surface area contributed by atoms with Crippen molar-refractivity contribution in [1.29, 1.82) is 0 Å². The lowest BCUT2D eigenvalue weighted by Gasteiger charge is -2.15. The van der Waals surface area contributed by atoms with Crippen molar-refractivity contribution in [3.05, 3.63) is 33.8 Å². The second-order valence-electron chi connectivity index (χ2n) is 5.66. The molecule has 1 aromatic carbocycles. The van der Waals surface area contributed by atoms with Gasteiger partial charge < -0.3 is 0 Å². The third kappa shape index (κ3) is 2.17. The van der Waals surface area contributed by atoms with Crippen molar-refractivity contribution in [3.8, 4) is 0 Å². The molecule has 1 aliphatic rings. The van der Waals surface area contributed by atoms with Crippen molar-refractivity contribution < 1.29 is 0 Å². The van der Waals surface area contributed by atoms with Gasteiger partial charge in [0.25, 0.3) is 0 Å². The molecule has 1 fully saturated rings. The van der Waals surface area contributed by atoms with Crippen molar-refractivity contribution >= 4 is 27.5 Å². The predicted molar refractivity (Wildman–Crippen MR) is 74.5 cm³/mol. The van der Waals surface area contributed by atoms with Crippen LogP contribution in [0.15, 0.2) is 12.1 Å².